The van der Waals surface area contributed by atoms with E-state index in [0.717, 1.165) is 44.5 Å². The summed E-state index contributed by atoms with van der Waals surface area (Å²) in [6.45, 7) is 0. The molecule has 2 aliphatic heterocycles. The predicted molar refractivity (Wildman–Crippen MR) is 136 cm³/mol. The van der Waals surface area contributed by atoms with Crippen LogP contribution in [0.25, 0.3) is 50.2 Å². The van der Waals surface area contributed by atoms with Crippen molar-refractivity contribution in [3.63, 3.8) is 0 Å². The number of carbonyl (C=O) groups is 1. The Labute approximate surface area is 196 Å². The monoisotopic (exact) mass is 440 g/mol. The van der Waals surface area contributed by atoms with Crippen LogP contribution in [0.3, 0.4) is 0 Å². The van der Waals surface area contributed by atoms with E-state index in [9.17, 15) is 9.90 Å². The van der Waals surface area contributed by atoms with Crippen LogP contribution >= 0.6 is 0 Å². The molecule has 34 heavy (non-hydrogen) atoms. The van der Waals surface area contributed by atoms with E-state index in [1.54, 1.807) is 12.1 Å². The van der Waals surface area contributed by atoms with E-state index >= 15 is 0 Å². The maximum atomic E-state index is 12.2. The first-order chi connectivity index (χ1) is 16.7. The molecule has 0 bridgehead atoms. The first-order valence-electron chi connectivity index (χ1n) is 11.1. The van der Waals surface area contributed by atoms with Gasteiger partial charge in [-0.3, -0.25) is 0 Å². The standard InChI is InChI=1S/C30H20N2O2/c33-30(34)23-16-8-10-18-26(23)32-19-24(20-11-3-1-4-12-20)28-27(22-15-7-9-17-25(22)31-28)29(32)21-13-5-2-6-14-21/h1-19H,(H,33,34). The number of aromatic nitrogens is 2. The molecule has 0 aliphatic carbocycles. The molecule has 0 fully saturated rings. The third kappa shape index (κ3) is 3.16. The molecule has 0 spiro atoms. The zero-order valence-corrected chi connectivity index (χ0v) is 18.2. The maximum Gasteiger partial charge on any atom is 0.337 e. The molecule has 4 nitrogen and oxygen atoms in total. The van der Waals surface area contributed by atoms with Crippen molar-refractivity contribution in [1.82, 2.24) is 9.55 Å². The summed E-state index contributed by atoms with van der Waals surface area (Å²) in [6, 6.07) is 35.4. The van der Waals surface area contributed by atoms with Gasteiger partial charge in [0.2, 0.25) is 0 Å². The van der Waals surface area contributed by atoms with Crippen molar-refractivity contribution in [1.29, 1.82) is 0 Å². The average molecular weight is 441 g/mol. The molecule has 0 radical (unpaired) electrons. The second-order valence-corrected chi connectivity index (χ2v) is 8.17. The number of aromatic carboxylic acids is 1. The number of pyridine rings is 1. The second kappa shape index (κ2) is 8.01. The third-order valence-corrected chi connectivity index (χ3v) is 6.16. The summed E-state index contributed by atoms with van der Waals surface area (Å²) in [5.41, 5.74) is 7.55. The number of rotatable bonds is 4. The lowest BCUT2D eigenvalue weighted by Gasteiger charge is -2.22. The highest BCUT2D eigenvalue weighted by molar-refractivity contribution is 6.07. The van der Waals surface area contributed by atoms with Crippen molar-refractivity contribution in [2.45, 2.75) is 0 Å². The Morgan fingerprint density at radius 2 is 1.32 bits per heavy atom. The van der Waals surface area contributed by atoms with E-state index in [-0.39, 0.29) is 5.56 Å². The molecular weight excluding hydrogens is 420 g/mol. The fraction of sp³-hybridized carbons (Fsp3) is 0. The van der Waals surface area contributed by atoms with Crippen LogP contribution in [0.2, 0.25) is 0 Å². The molecule has 0 atom stereocenters. The molecule has 2 aliphatic rings. The van der Waals surface area contributed by atoms with Crippen molar-refractivity contribution in [2.75, 3.05) is 0 Å². The minimum absolute atomic E-state index is 0.242. The van der Waals surface area contributed by atoms with Crippen molar-refractivity contribution < 1.29 is 9.90 Å². The van der Waals surface area contributed by atoms with E-state index in [1.165, 1.54) is 0 Å². The molecular formula is C30H20N2O2. The largest absolute Gasteiger partial charge is 0.478 e. The number of para-hydroxylation sites is 2. The van der Waals surface area contributed by atoms with Crippen LogP contribution in [0.4, 0.5) is 0 Å². The third-order valence-electron chi connectivity index (χ3n) is 6.16. The molecule has 0 saturated carbocycles. The maximum absolute atomic E-state index is 12.2. The number of carboxylic acids is 1. The molecule has 4 aromatic rings. The van der Waals surface area contributed by atoms with Gasteiger partial charge in [-0.15, -0.1) is 0 Å². The number of hydrogen-bond acceptors (Lipinski definition) is 2. The summed E-state index contributed by atoms with van der Waals surface area (Å²) in [5.74, 6) is -0.964. The van der Waals surface area contributed by atoms with Gasteiger partial charge in [-0.2, -0.15) is 0 Å². The molecule has 0 unspecified atom stereocenters. The minimum Gasteiger partial charge on any atom is -0.478 e. The Balaban J connectivity index is 1.84. The Morgan fingerprint density at radius 1 is 0.706 bits per heavy atom. The minimum atomic E-state index is -0.964. The lowest BCUT2D eigenvalue weighted by atomic mass is 9.94. The van der Waals surface area contributed by atoms with E-state index < -0.39 is 5.97 Å². The van der Waals surface area contributed by atoms with Gasteiger partial charge in [0.15, 0.2) is 0 Å². The van der Waals surface area contributed by atoms with Crippen molar-refractivity contribution in [3.05, 3.63) is 121 Å². The highest BCUT2D eigenvalue weighted by Gasteiger charge is 2.26. The average Bonchev–Trinajstić information content (AvgIpc) is 3.28. The molecule has 2 heterocycles. The van der Waals surface area contributed by atoms with E-state index in [2.05, 4.69) is 30.3 Å². The number of carboxylic acid groups (broad SMARTS) is 1. The van der Waals surface area contributed by atoms with Crippen LogP contribution in [-0.4, -0.2) is 20.6 Å². The first-order valence-corrected chi connectivity index (χ1v) is 11.1. The van der Waals surface area contributed by atoms with E-state index in [0.29, 0.717) is 5.69 Å². The molecule has 4 heteroatoms. The molecule has 0 saturated heterocycles. The van der Waals surface area contributed by atoms with E-state index in [4.69, 9.17) is 4.98 Å². The van der Waals surface area contributed by atoms with Crippen LogP contribution in [0, 0.1) is 0 Å². The number of benzene rings is 4. The van der Waals surface area contributed by atoms with Gasteiger partial charge in [0, 0.05) is 22.7 Å². The number of fused-ring (bicyclic) bond motifs is 3. The molecule has 162 valence electrons. The summed E-state index contributed by atoms with van der Waals surface area (Å²) in [6.07, 6.45) is 2.02. The Morgan fingerprint density at radius 3 is 2.06 bits per heavy atom. The van der Waals surface area contributed by atoms with Crippen molar-refractivity contribution >= 4 is 16.9 Å². The van der Waals surface area contributed by atoms with E-state index in [1.807, 2.05) is 77.5 Å². The topological polar surface area (TPSA) is 55.1 Å². The Hall–Kier alpha value is -4.70. The zero-order chi connectivity index (χ0) is 23.1. The van der Waals surface area contributed by atoms with Gasteiger partial charge < -0.3 is 9.67 Å². The van der Waals surface area contributed by atoms with Gasteiger partial charge in [0.05, 0.1) is 28.2 Å². The smallest absolute Gasteiger partial charge is 0.337 e. The quantitative estimate of drug-likeness (QED) is 0.316. The lowest BCUT2D eigenvalue weighted by molar-refractivity contribution is 0.0697. The molecule has 0 amide bonds. The van der Waals surface area contributed by atoms with Crippen LogP contribution in [0.15, 0.2) is 115 Å². The summed E-state index contributed by atoms with van der Waals surface area (Å²) in [7, 11) is 0. The van der Waals surface area contributed by atoms with Crippen molar-refractivity contribution in [2.24, 2.45) is 0 Å². The Kier molecular flexibility index (Phi) is 4.70. The highest BCUT2D eigenvalue weighted by atomic mass is 16.4. The first kappa shape index (κ1) is 19.9. The Bertz CT molecular complexity index is 1620. The summed E-state index contributed by atoms with van der Waals surface area (Å²) < 4.78 is 2.01. The zero-order valence-electron chi connectivity index (χ0n) is 18.2. The van der Waals surface area contributed by atoms with Gasteiger partial charge in [-0.1, -0.05) is 91.0 Å². The van der Waals surface area contributed by atoms with Crippen LogP contribution in [0.1, 0.15) is 10.4 Å². The fourth-order valence-electron chi connectivity index (χ4n) is 4.66. The summed E-state index contributed by atoms with van der Waals surface area (Å²) in [4.78, 5) is 17.2. The number of nitrogens with zero attached hydrogens (tertiary/aromatic N) is 2. The molecule has 6 rings (SSSR count). The van der Waals surface area contributed by atoms with Crippen LogP contribution in [-0.2, 0) is 0 Å². The summed E-state index contributed by atoms with van der Waals surface area (Å²) in [5, 5.41) is 11.0. The molecule has 4 aromatic carbocycles. The van der Waals surface area contributed by atoms with Crippen LogP contribution < -0.4 is 0 Å². The number of hydrogen-bond donors (Lipinski definition) is 1. The van der Waals surface area contributed by atoms with Crippen LogP contribution in [0.5, 0.6) is 0 Å². The summed E-state index contributed by atoms with van der Waals surface area (Å²) >= 11 is 0. The molecule has 1 N–H and O–H groups in total. The normalized spacial score (nSPS) is 11.2. The second-order valence-electron chi connectivity index (χ2n) is 8.17. The van der Waals surface area contributed by atoms with Gasteiger partial charge in [-0.05, 0) is 29.3 Å². The van der Waals surface area contributed by atoms with Gasteiger partial charge in [0.25, 0.3) is 0 Å². The SMILES string of the molecule is O=C(O)c1ccccc1-n1cc(-c2ccccc2)c2nc3ccccc3c-2c1-c1ccccc1. The lowest BCUT2D eigenvalue weighted by Crippen LogP contribution is -2.10. The predicted octanol–water partition coefficient (Wildman–Crippen LogP) is 7.16. The van der Waals surface area contributed by atoms with Crippen molar-refractivity contribution in [3.8, 4) is 39.3 Å². The molecule has 0 aromatic heterocycles. The van der Waals surface area contributed by atoms with Gasteiger partial charge >= 0.3 is 5.97 Å². The highest BCUT2D eigenvalue weighted by Crippen LogP contribution is 2.45. The van der Waals surface area contributed by atoms with Gasteiger partial charge in [0.1, 0.15) is 0 Å². The van der Waals surface area contributed by atoms with Gasteiger partial charge in [-0.25, -0.2) is 9.78 Å². The fourth-order valence-corrected chi connectivity index (χ4v) is 4.66.